The predicted octanol–water partition coefficient (Wildman–Crippen LogP) is 3.02. The monoisotopic (exact) mass is 269 g/mol. The first kappa shape index (κ1) is 13.0. The lowest BCUT2D eigenvalue weighted by Crippen LogP contribution is -2.24. The summed E-state index contributed by atoms with van der Waals surface area (Å²) in [7, 11) is 3.43. The van der Waals surface area contributed by atoms with Gasteiger partial charge >= 0.3 is 0 Å². The van der Waals surface area contributed by atoms with Crippen molar-refractivity contribution in [2.24, 2.45) is 0 Å². The van der Waals surface area contributed by atoms with Crippen LogP contribution in [0.25, 0.3) is 11.1 Å². The third-order valence-electron chi connectivity index (χ3n) is 3.84. The molecular weight excluding hydrogens is 250 g/mol. The number of hydrogen-bond acceptors (Lipinski definition) is 3. The predicted molar refractivity (Wildman–Crippen MR) is 80.4 cm³/mol. The summed E-state index contributed by atoms with van der Waals surface area (Å²) >= 11 is 0. The van der Waals surface area contributed by atoms with E-state index in [0.29, 0.717) is 0 Å². The fourth-order valence-electron chi connectivity index (χ4n) is 2.87. The Hall–Kier alpha value is -2.00. The number of rotatable bonds is 3. The Kier molecular flexibility index (Phi) is 3.61. The smallest absolute Gasteiger partial charge is 0.127 e. The number of benzene rings is 2. The van der Waals surface area contributed by atoms with E-state index < -0.39 is 0 Å². The van der Waals surface area contributed by atoms with Crippen LogP contribution in [0.3, 0.4) is 0 Å². The number of hydrogen-bond donors (Lipinski definition) is 1. The van der Waals surface area contributed by atoms with Crippen molar-refractivity contribution in [2.45, 2.75) is 13.0 Å². The minimum Gasteiger partial charge on any atom is -0.496 e. The van der Waals surface area contributed by atoms with Crippen molar-refractivity contribution in [3.63, 3.8) is 0 Å². The van der Waals surface area contributed by atoms with Crippen LogP contribution in [-0.4, -0.2) is 20.8 Å². The summed E-state index contributed by atoms with van der Waals surface area (Å²) in [5.41, 5.74) is 4.99. The summed E-state index contributed by atoms with van der Waals surface area (Å²) in [6.45, 7) is 1.92. The van der Waals surface area contributed by atoms with Crippen molar-refractivity contribution in [3.05, 3.63) is 47.5 Å². The summed E-state index contributed by atoms with van der Waals surface area (Å²) in [5, 5.41) is 3.41. The molecule has 0 spiro atoms. The number of nitrogens with one attached hydrogen (secondary N) is 1. The Labute approximate surface area is 119 Å². The average molecular weight is 269 g/mol. The average Bonchev–Trinajstić information content (AvgIpc) is 2.53. The molecule has 3 nitrogen and oxygen atoms in total. The van der Waals surface area contributed by atoms with Crippen LogP contribution in [0.2, 0.25) is 0 Å². The lowest BCUT2D eigenvalue weighted by Gasteiger charge is -2.23. The van der Waals surface area contributed by atoms with Crippen molar-refractivity contribution in [1.29, 1.82) is 0 Å². The van der Waals surface area contributed by atoms with E-state index in [2.05, 4.69) is 17.4 Å². The first-order valence-corrected chi connectivity index (χ1v) is 6.88. The molecule has 3 rings (SSSR count). The maximum atomic E-state index is 5.59. The molecule has 0 aromatic heterocycles. The van der Waals surface area contributed by atoms with Crippen LogP contribution in [-0.2, 0) is 13.0 Å². The van der Waals surface area contributed by atoms with E-state index in [0.717, 1.165) is 36.6 Å². The third kappa shape index (κ3) is 2.14. The van der Waals surface area contributed by atoms with Gasteiger partial charge in [-0.15, -0.1) is 0 Å². The summed E-state index contributed by atoms with van der Waals surface area (Å²) in [6.07, 6.45) is 1.01. The molecule has 1 N–H and O–H groups in total. The molecule has 0 saturated carbocycles. The van der Waals surface area contributed by atoms with Gasteiger partial charge in [0, 0.05) is 17.7 Å². The fourth-order valence-corrected chi connectivity index (χ4v) is 2.87. The molecule has 1 aliphatic rings. The van der Waals surface area contributed by atoms with Crippen molar-refractivity contribution in [3.8, 4) is 22.6 Å². The molecule has 104 valence electrons. The molecule has 0 fully saturated rings. The van der Waals surface area contributed by atoms with Crippen molar-refractivity contribution >= 4 is 0 Å². The highest BCUT2D eigenvalue weighted by Gasteiger charge is 2.20. The Morgan fingerprint density at radius 3 is 2.55 bits per heavy atom. The Morgan fingerprint density at radius 1 is 0.950 bits per heavy atom. The second kappa shape index (κ2) is 5.55. The van der Waals surface area contributed by atoms with E-state index >= 15 is 0 Å². The number of fused-ring (bicyclic) bond motifs is 1. The second-order valence-corrected chi connectivity index (χ2v) is 4.91. The minimum atomic E-state index is 0.887. The number of para-hydroxylation sites is 1. The van der Waals surface area contributed by atoms with Crippen LogP contribution in [0.5, 0.6) is 11.5 Å². The van der Waals surface area contributed by atoms with Crippen LogP contribution >= 0.6 is 0 Å². The maximum Gasteiger partial charge on any atom is 0.127 e. The molecule has 2 aromatic rings. The lowest BCUT2D eigenvalue weighted by atomic mass is 9.90. The van der Waals surface area contributed by atoms with Gasteiger partial charge in [-0.3, -0.25) is 0 Å². The van der Waals surface area contributed by atoms with Gasteiger partial charge in [-0.1, -0.05) is 24.3 Å². The molecule has 0 unspecified atom stereocenters. The molecule has 0 aliphatic carbocycles. The van der Waals surface area contributed by atoms with E-state index in [1.54, 1.807) is 14.2 Å². The molecule has 1 heterocycles. The summed E-state index contributed by atoms with van der Waals surface area (Å²) in [5.74, 6) is 1.80. The second-order valence-electron chi connectivity index (χ2n) is 4.91. The van der Waals surface area contributed by atoms with Crippen LogP contribution in [0.15, 0.2) is 36.4 Å². The Bertz CT molecular complexity index is 622. The van der Waals surface area contributed by atoms with Crippen molar-refractivity contribution < 1.29 is 9.47 Å². The molecule has 0 atom stereocenters. The van der Waals surface area contributed by atoms with Gasteiger partial charge in [-0.2, -0.15) is 0 Å². The zero-order valence-electron chi connectivity index (χ0n) is 11.9. The minimum absolute atomic E-state index is 0.887. The van der Waals surface area contributed by atoms with Crippen LogP contribution in [0.4, 0.5) is 0 Å². The SMILES string of the molecule is COc1ccccc1-c1c(OC)ccc2c1CCNC2. The van der Waals surface area contributed by atoms with Crippen LogP contribution in [0, 0.1) is 0 Å². The standard InChI is InChI=1S/C17H19NO2/c1-19-15-6-4-3-5-14(15)17-13-9-10-18-11-12(13)7-8-16(17)20-2/h3-8,18H,9-11H2,1-2H3. The normalized spacial score (nSPS) is 13.7. The summed E-state index contributed by atoms with van der Waals surface area (Å²) in [4.78, 5) is 0. The van der Waals surface area contributed by atoms with Crippen molar-refractivity contribution in [2.75, 3.05) is 20.8 Å². The van der Waals surface area contributed by atoms with Gasteiger partial charge in [-0.25, -0.2) is 0 Å². The molecule has 0 saturated heterocycles. The van der Waals surface area contributed by atoms with E-state index in [1.807, 2.05) is 24.3 Å². The number of methoxy groups -OCH3 is 2. The molecule has 0 radical (unpaired) electrons. The van der Waals surface area contributed by atoms with Crippen LogP contribution < -0.4 is 14.8 Å². The van der Waals surface area contributed by atoms with Gasteiger partial charge in [0.05, 0.1) is 14.2 Å². The van der Waals surface area contributed by atoms with Gasteiger partial charge in [-0.05, 0) is 36.2 Å². The molecule has 0 bridgehead atoms. The number of ether oxygens (including phenoxy) is 2. The lowest BCUT2D eigenvalue weighted by molar-refractivity contribution is 0.409. The summed E-state index contributed by atoms with van der Waals surface area (Å²) < 4.78 is 11.1. The maximum absolute atomic E-state index is 5.59. The van der Waals surface area contributed by atoms with Gasteiger partial charge in [0.15, 0.2) is 0 Å². The largest absolute Gasteiger partial charge is 0.496 e. The first-order valence-electron chi connectivity index (χ1n) is 6.88. The van der Waals surface area contributed by atoms with E-state index in [4.69, 9.17) is 9.47 Å². The van der Waals surface area contributed by atoms with E-state index in [9.17, 15) is 0 Å². The quantitative estimate of drug-likeness (QED) is 0.929. The highest BCUT2D eigenvalue weighted by atomic mass is 16.5. The van der Waals surface area contributed by atoms with E-state index in [-0.39, 0.29) is 0 Å². The summed E-state index contributed by atoms with van der Waals surface area (Å²) in [6, 6.07) is 12.3. The molecule has 3 heteroatoms. The molecule has 20 heavy (non-hydrogen) atoms. The highest BCUT2D eigenvalue weighted by molar-refractivity contribution is 5.80. The van der Waals surface area contributed by atoms with E-state index in [1.165, 1.54) is 16.7 Å². The van der Waals surface area contributed by atoms with Crippen molar-refractivity contribution in [1.82, 2.24) is 5.32 Å². The fraction of sp³-hybridized carbons (Fsp3) is 0.294. The van der Waals surface area contributed by atoms with Gasteiger partial charge in [0.1, 0.15) is 11.5 Å². The molecule has 2 aromatic carbocycles. The zero-order valence-corrected chi connectivity index (χ0v) is 11.9. The zero-order chi connectivity index (χ0) is 13.9. The topological polar surface area (TPSA) is 30.5 Å². The highest BCUT2D eigenvalue weighted by Crippen LogP contribution is 2.40. The Balaban J connectivity index is 2.25. The van der Waals surface area contributed by atoms with Gasteiger partial charge in [0.25, 0.3) is 0 Å². The molecular formula is C17H19NO2. The van der Waals surface area contributed by atoms with Gasteiger partial charge in [0.2, 0.25) is 0 Å². The first-order chi connectivity index (χ1) is 9.85. The van der Waals surface area contributed by atoms with Gasteiger partial charge < -0.3 is 14.8 Å². The molecule has 1 aliphatic heterocycles. The van der Waals surface area contributed by atoms with Crippen LogP contribution in [0.1, 0.15) is 11.1 Å². The Morgan fingerprint density at radius 2 is 1.75 bits per heavy atom. The third-order valence-corrected chi connectivity index (χ3v) is 3.84. The molecule has 0 amide bonds.